The van der Waals surface area contributed by atoms with E-state index < -0.39 is 5.60 Å². The number of aliphatic hydroxyl groups is 1. The topological polar surface area (TPSA) is 57.2 Å². The van der Waals surface area contributed by atoms with E-state index in [2.05, 4.69) is 157 Å². The molecule has 0 unspecified atom stereocenters. The number of ether oxygens (including phenoxy) is 4. The van der Waals surface area contributed by atoms with Crippen LogP contribution >= 0.6 is 141 Å². The molecule has 5 nitrogen and oxygen atoms in total. The van der Waals surface area contributed by atoms with Crippen molar-refractivity contribution in [3.8, 4) is 0 Å². The number of benzene rings is 3. The van der Waals surface area contributed by atoms with Crippen molar-refractivity contribution < 1.29 is 24.1 Å². The number of thioether (sulfide) groups is 12. The molecule has 74 heavy (non-hydrogen) atoms. The summed E-state index contributed by atoms with van der Waals surface area (Å²) >= 11 is 23.6. The first-order valence-corrected chi connectivity index (χ1v) is 35.8. The normalized spacial score (nSPS) is 21.7. The first kappa shape index (κ1) is 60.3. The van der Waals surface area contributed by atoms with Gasteiger partial charge in [0, 0.05) is 102 Å². The Hall–Kier alpha value is 1.66. The van der Waals surface area contributed by atoms with E-state index in [1.165, 1.54) is 58.7 Å². The van der Waals surface area contributed by atoms with E-state index >= 15 is 5.11 Å². The third-order valence-corrected chi connectivity index (χ3v) is 30.5. The highest BCUT2D eigenvalue weighted by Crippen LogP contribution is 2.75. The molecule has 0 aliphatic carbocycles. The molecule has 0 saturated carbocycles. The highest BCUT2D eigenvalue weighted by Gasteiger charge is 2.57. The maximum atomic E-state index is 16.1. The van der Waals surface area contributed by atoms with E-state index in [1.54, 1.807) is 0 Å². The largest absolute Gasteiger partial charge is 0.376 e. The lowest BCUT2D eigenvalue weighted by Gasteiger charge is -2.38. The van der Waals surface area contributed by atoms with E-state index in [0.29, 0.717) is 26.4 Å². The Morgan fingerprint density at radius 1 is 0.324 bits per heavy atom. The monoisotopic (exact) mass is 1230 g/mol. The van der Waals surface area contributed by atoms with Crippen LogP contribution in [0.15, 0.2) is 76.9 Å². The predicted octanol–water partition coefficient (Wildman–Crippen LogP) is 20.3. The van der Waals surface area contributed by atoms with Crippen molar-refractivity contribution in [2.75, 3.05) is 26.4 Å². The molecule has 17 heteroatoms. The molecule has 410 valence electrons. The fourth-order valence-corrected chi connectivity index (χ4v) is 28.3. The first-order valence-electron chi connectivity index (χ1n) is 26.0. The van der Waals surface area contributed by atoms with Gasteiger partial charge in [0.05, 0.1) is 46.9 Å². The zero-order valence-corrected chi connectivity index (χ0v) is 57.2. The minimum Gasteiger partial charge on any atom is -0.376 e. The molecule has 6 aliphatic heterocycles. The summed E-state index contributed by atoms with van der Waals surface area (Å²) in [5, 5.41) is 16.1. The molecule has 0 saturated heterocycles. The second kappa shape index (κ2) is 20.8. The molecule has 0 aromatic heterocycles. The van der Waals surface area contributed by atoms with Crippen LogP contribution in [0.2, 0.25) is 0 Å². The van der Waals surface area contributed by atoms with Crippen molar-refractivity contribution in [1.29, 1.82) is 0 Å². The summed E-state index contributed by atoms with van der Waals surface area (Å²) < 4.78 is 25.4. The van der Waals surface area contributed by atoms with Crippen LogP contribution in [0, 0.1) is 0 Å². The molecule has 0 radical (unpaired) electrons. The van der Waals surface area contributed by atoms with Gasteiger partial charge in [-0.15, -0.1) is 141 Å². The van der Waals surface area contributed by atoms with Crippen molar-refractivity contribution in [2.24, 2.45) is 0 Å². The fraction of sp³-hybridized carbons (Fsp3) is 0.684. The summed E-state index contributed by atoms with van der Waals surface area (Å²) in [6.45, 7) is 47.3. The summed E-state index contributed by atoms with van der Waals surface area (Å²) in [7, 11) is 0. The van der Waals surface area contributed by atoms with E-state index in [4.69, 9.17) is 18.9 Å². The molecule has 0 spiro atoms. The summed E-state index contributed by atoms with van der Waals surface area (Å²) in [6.07, 6.45) is 3.32. The van der Waals surface area contributed by atoms with Gasteiger partial charge in [0.1, 0.15) is 5.60 Å². The Bertz CT molecular complexity index is 2390. The van der Waals surface area contributed by atoms with E-state index in [0.717, 1.165) is 42.4 Å². The van der Waals surface area contributed by atoms with Gasteiger partial charge in [0.2, 0.25) is 0 Å². The minimum absolute atomic E-state index is 0.127. The molecule has 0 amide bonds. The molecule has 3 aromatic carbocycles. The lowest BCUT2D eigenvalue weighted by atomic mass is 9.79. The summed E-state index contributed by atoms with van der Waals surface area (Å²) in [5.41, 5.74) is 0.547. The Morgan fingerprint density at radius 2 is 0.527 bits per heavy atom. The highest BCUT2D eigenvalue weighted by atomic mass is 32.2. The maximum Gasteiger partial charge on any atom is 0.147 e. The second-order valence-corrected chi connectivity index (χ2v) is 46.3. The second-order valence-electron chi connectivity index (χ2n) is 25.9. The smallest absolute Gasteiger partial charge is 0.147 e. The molecule has 6 heterocycles. The third-order valence-electron chi connectivity index (χ3n) is 12.6. The lowest BCUT2D eigenvalue weighted by Crippen LogP contribution is -2.34. The van der Waals surface area contributed by atoms with Crippen LogP contribution in [0.1, 0.15) is 181 Å². The Morgan fingerprint density at radius 3 is 0.743 bits per heavy atom. The Balaban J connectivity index is 1.38. The van der Waals surface area contributed by atoms with E-state index in [-0.39, 0.29) is 46.9 Å². The molecule has 3 aromatic rings. The number of hydrogen-bond acceptors (Lipinski definition) is 17. The van der Waals surface area contributed by atoms with Crippen molar-refractivity contribution >= 4 is 141 Å². The average Bonchev–Trinajstić information content (AvgIpc) is 4.01. The molecule has 0 atom stereocenters. The third kappa shape index (κ3) is 13.2. The van der Waals surface area contributed by atoms with E-state index in [1.807, 2.05) is 141 Å². The van der Waals surface area contributed by atoms with Gasteiger partial charge in [-0.2, -0.15) is 0 Å². The zero-order valence-electron chi connectivity index (χ0n) is 47.4. The van der Waals surface area contributed by atoms with E-state index in [9.17, 15) is 0 Å². The molecular weight excluding hydrogens is 1150 g/mol. The number of fused-ring (bicyclic) bond motifs is 6. The lowest BCUT2D eigenvalue weighted by molar-refractivity contribution is -0.0149. The quantitative estimate of drug-likeness (QED) is 0.147. The minimum atomic E-state index is -1.58. The van der Waals surface area contributed by atoms with Crippen LogP contribution in [-0.2, 0) is 24.5 Å². The van der Waals surface area contributed by atoms with Gasteiger partial charge in [0.25, 0.3) is 0 Å². The molecule has 0 fully saturated rings. The molecule has 1 N–H and O–H groups in total. The molecular formula is C57H80O5S12. The van der Waals surface area contributed by atoms with Crippen LogP contribution < -0.4 is 0 Å². The van der Waals surface area contributed by atoms with Crippen LogP contribution in [0.3, 0.4) is 0 Å². The Kier molecular flexibility index (Phi) is 16.9. The van der Waals surface area contributed by atoms with Gasteiger partial charge in [-0.3, -0.25) is 0 Å². The maximum absolute atomic E-state index is 16.1. The molecule has 9 rings (SSSR count). The van der Waals surface area contributed by atoms with Crippen molar-refractivity contribution in [2.45, 2.75) is 275 Å². The van der Waals surface area contributed by atoms with Crippen molar-refractivity contribution in [1.82, 2.24) is 0 Å². The Labute approximate surface area is 496 Å². The summed E-state index contributed by atoms with van der Waals surface area (Å²) in [4.78, 5) is 14.9. The predicted molar refractivity (Wildman–Crippen MR) is 335 cm³/mol. The number of hydrogen-bond donors (Lipinski definition) is 1. The zero-order chi connectivity index (χ0) is 54.3. The molecule has 0 bridgehead atoms. The average molecular weight is 1230 g/mol. The molecule has 6 aliphatic rings. The fourth-order valence-electron chi connectivity index (χ4n) is 9.87. The van der Waals surface area contributed by atoms with Gasteiger partial charge in [0.15, 0.2) is 0 Å². The van der Waals surface area contributed by atoms with Gasteiger partial charge >= 0.3 is 0 Å². The van der Waals surface area contributed by atoms with Gasteiger partial charge in [-0.25, -0.2) is 0 Å². The van der Waals surface area contributed by atoms with Gasteiger partial charge in [-0.1, -0.05) is 0 Å². The van der Waals surface area contributed by atoms with Crippen LogP contribution in [0.4, 0.5) is 0 Å². The van der Waals surface area contributed by atoms with Crippen LogP contribution in [0.5, 0.6) is 0 Å². The number of rotatable bonds is 15. The van der Waals surface area contributed by atoms with Gasteiger partial charge in [-0.05, 0) is 182 Å². The van der Waals surface area contributed by atoms with Crippen molar-refractivity contribution in [3.63, 3.8) is 0 Å². The summed E-state index contributed by atoms with van der Waals surface area (Å²) in [6, 6.07) is 7.45. The summed E-state index contributed by atoms with van der Waals surface area (Å²) in [5.74, 6) is 0. The highest BCUT2D eigenvalue weighted by molar-refractivity contribution is 8.23. The van der Waals surface area contributed by atoms with Gasteiger partial charge < -0.3 is 24.1 Å². The standard InChI is InChI=1S/C57H80O5S12/c1-47(2,3)59-25-21-55(22-26-60-48(4,5)6)67-36-31-37-46(74-56(68-37,23-27-61-49(7,8)9)24-28-62-50(10,11)12)40(45(36)73-55)57(58,38-41-32(63-51(13,14)69-41)29-33-42(38)70-52(15,16)64-33)39-43-34(65-53(17,18)71-43)30-35-44(39)72-54(19,20)66-35/h29-31,58H,21-28H2,1-20H3. The van der Waals surface area contributed by atoms with Crippen LogP contribution in [0.25, 0.3) is 0 Å². The first-order chi connectivity index (χ1) is 33.8. The van der Waals surface area contributed by atoms with Crippen LogP contribution in [-0.4, -0.2) is 78.4 Å². The SMILES string of the molecule is CC(C)(C)OCCC1(CCOC(C)(C)C)Sc2cc3c(c(C(O)(c4c5c(cc6c4SC(C)(C)S6)SC(C)(C)S5)c4c5c(cc6c4SC(C)(C)S6)SC(C)(C)S5)c2S1)SC(CCOC(C)(C)C)(CCOC(C)(C)C)S3. The van der Waals surface area contributed by atoms with Crippen molar-refractivity contribution in [3.05, 3.63) is 34.9 Å².